The van der Waals surface area contributed by atoms with Crippen LogP contribution in [0, 0.1) is 13.8 Å². The third-order valence-corrected chi connectivity index (χ3v) is 5.54. The van der Waals surface area contributed by atoms with Gasteiger partial charge in [-0.05, 0) is 56.2 Å². The van der Waals surface area contributed by atoms with Gasteiger partial charge in [-0.25, -0.2) is 9.50 Å². The molecule has 0 bridgehead atoms. The van der Waals surface area contributed by atoms with Crippen LogP contribution in [0.3, 0.4) is 0 Å². The SMILES string of the molecule is CC(=O)Nc1ccc(NC(=O)CCc2c(C)nc3c4ccccc4nn3c2C)c(C(F)(F)F)c1. The number of halogens is 3. The summed E-state index contributed by atoms with van der Waals surface area (Å²) in [6.45, 7) is 4.92. The van der Waals surface area contributed by atoms with Gasteiger partial charge in [0.2, 0.25) is 11.8 Å². The number of aryl methyl sites for hydroxylation is 2. The molecule has 0 fully saturated rings. The van der Waals surface area contributed by atoms with E-state index in [0.29, 0.717) is 5.65 Å². The molecule has 0 radical (unpaired) electrons. The van der Waals surface area contributed by atoms with Crippen LogP contribution in [0.4, 0.5) is 24.5 Å². The minimum absolute atomic E-state index is 0.00457. The molecule has 2 aromatic heterocycles. The standard InChI is InChI=1S/C24H22F3N5O2/c1-13-17(14(2)32-23(28-13)18-6-4-5-7-20(18)31-32)9-11-22(34)30-21-10-8-16(29-15(3)33)12-19(21)24(25,26)27/h4-8,10,12H,9,11H2,1-3H3,(H,29,33)(H,30,34). The van der Waals surface area contributed by atoms with Gasteiger partial charge in [-0.1, -0.05) is 12.1 Å². The first-order chi connectivity index (χ1) is 16.0. The highest BCUT2D eigenvalue weighted by Crippen LogP contribution is 2.36. The fourth-order valence-corrected chi connectivity index (χ4v) is 3.96. The van der Waals surface area contributed by atoms with E-state index < -0.39 is 23.6 Å². The number of amides is 2. The van der Waals surface area contributed by atoms with Gasteiger partial charge in [0.1, 0.15) is 0 Å². The normalized spacial score (nSPS) is 11.7. The van der Waals surface area contributed by atoms with Crippen molar-refractivity contribution in [3.8, 4) is 0 Å². The molecule has 0 atom stereocenters. The number of benzene rings is 2. The molecule has 2 N–H and O–H groups in total. The van der Waals surface area contributed by atoms with E-state index in [0.717, 1.165) is 40.0 Å². The highest BCUT2D eigenvalue weighted by molar-refractivity contribution is 5.94. The number of hydrogen-bond acceptors (Lipinski definition) is 4. The summed E-state index contributed by atoms with van der Waals surface area (Å²) in [7, 11) is 0. The Labute approximate surface area is 193 Å². The zero-order valence-electron chi connectivity index (χ0n) is 18.7. The summed E-state index contributed by atoms with van der Waals surface area (Å²) in [5, 5.41) is 10.2. The van der Waals surface area contributed by atoms with Crippen molar-refractivity contribution in [3.05, 3.63) is 65.0 Å². The van der Waals surface area contributed by atoms with E-state index in [1.54, 1.807) is 4.52 Å². The van der Waals surface area contributed by atoms with Crippen LogP contribution >= 0.6 is 0 Å². The molecule has 10 heteroatoms. The average molecular weight is 469 g/mol. The molecule has 0 aliphatic heterocycles. The molecule has 0 saturated heterocycles. The first-order valence-electron chi connectivity index (χ1n) is 10.6. The molecular weight excluding hydrogens is 447 g/mol. The Balaban J connectivity index is 1.55. The molecule has 0 aliphatic rings. The van der Waals surface area contributed by atoms with Gasteiger partial charge in [-0.15, -0.1) is 0 Å². The van der Waals surface area contributed by atoms with Gasteiger partial charge in [-0.2, -0.15) is 18.3 Å². The molecular formula is C24H22F3N5O2. The van der Waals surface area contributed by atoms with Crippen molar-refractivity contribution >= 4 is 39.7 Å². The number of hydrogen-bond donors (Lipinski definition) is 2. The second kappa shape index (κ2) is 8.77. The van der Waals surface area contributed by atoms with Crippen LogP contribution in [0.25, 0.3) is 16.6 Å². The molecule has 0 aliphatic carbocycles. The maximum absolute atomic E-state index is 13.5. The molecule has 2 amide bonds. The predicted molar refractivity (Wildman–Crippen MR) is 123 cm³/mol. The molecule has 0 spiro atoms. The van der Waals surface area contributed by atoms with Crippen molar-refractivity contribution in [2.45, 2.75) is 39.8 Å². The quantitative estimate of drug-likeness (QED) is 0.428. The Kier molecular flexibility index (Phi) is 5.99. The number of rotatable bonds is 5. The number of carbonyl (C=O) groups is 2. The molecule has 4 aromatic rings. The third-order valence-electron chi connectivity index (χ3n) is 5.54. The highest BCUT2D eigenvalue weighted by Gasteiger charge is 2.34. The lowest BCUT2D eigenvalue weighted by Gasteiger charge is -2.16. The molecule has 2 heterocycles. The van der Waals surface area contributed by atoms with Crippen LogP contribution in [0.15, 0.2) is 42.5 Å². The summed E-state index contributed by atoms with van der Waals surface area (Å²) in [6.07, 6.45) is -4.46. The van der Waals surface area contributed by atoms with E-state index in [4.69, 9.17) is 0 Å². The summed E-state index contributed by atoms with van der Waals surface area (Å²) in [6, 6.07) is 10.9. The minimum atomic E-state index is -4.71. The first-order valence-corrected chi connectivity index (χ1v) is 10.6. The lowest BCUT2D eigenvalue weighted by atomic mass is 10.1. The molecule has 176 valence electrons. The van der Waals surface area contributed by atoms with E-state index in [-0.39, 0.29) is 24.2 Å². The van der Waals surface area contributed by atoms with Crippen LogP contribution in [-0.2, 0) is 22.2 Å². The van der Waals surface area contributed by atoms with Crippen molar-refractivity contribution in [1.29, 1.82) is 0 Å². The van der Waals surface area contributed by atoms with Gasteiger partial charge in [0, 0.05) is 35.8 Å². The summed E-state index contributed by atoms with van der Waals surface area (Å²) in [5.41, 5.74) is 2.48. The maximum Gasteiger partial charge on any atom is 0.418 e. The van der Waals surface area contributed by atoms with Gasteiger partial charge in [0.15, 0.2) is 5.65 Å². The number of aromatic nitrogens is 3. The van der Waals surface area contributed by atoms with Crippen LogP contribution in [0.5, 0.6) is 0 Å². The fraction of sp³-hybridized carbons (Fsp3) is 0.250. The van der Waals surface area contributed by atoms with E-state index in [1.165, 1.54) is 13.0 Å². The van der Waals surface area contributed by atoms with Gasteiger partial charge < -0.3 is 10.6 Å². The van der Waals surface area contributed by atoms with Crippen LogP contribution in [-0.4, -0.2) is 26.4 Å². The molecule has 7 nitrogen and oxygen atoms in total. The molecule has 34 heavy (non-hydrogen) atoms. The zero-order valence-corrected chi connectivity index (χ0v) is 18.7. The number of alkyl halides is 3. The number of nitrogens with zero attached hydrogens (tertiary/aromatic N) is 3. The first kappa shape index (κ1) is 23.2. The van der Waals surface area contributed by atoms with Crippen LogP contribution < -0.4 is 10.6 Å². The maximum atomic E-state index is 13.5. The lowest BCUT2D eigenvalue weighted by molar-refractivity contribution is -0.137. The van der Waals surface area contributed by atoms with E-state index in [2.05, 4.69) is 20.7 Å². The van der Waals surface area contributed by atoms with Crippen LogP contribution in [0.1, 0.15) is 35.9 Å². The van der Waals surface area contributed by atoms with Gasteiger partial charge >= 0.3 is 6.18 Å². The summed E-state index contributed by atoms with van der Waals surface area (Å²) >= 11 is 0. The summed E-state index contributed by atoms with van der Waals surface area (Å²) in [5.74, 6) is -1.06. The Morgan fingerprint density at radius 3 is 2.50 bits per heavy atom. The number of carbonyl (C=O) groups excluding carboxylic acids is 2. The number of anilines is 2. The molecule has 2 aromatic carbocycles. The second-order valence-electron chi connectivity index (χ2n) is 8.00. The van der Waals surface area contributed by atoms with E-state index >= 15 is 0 Å². The number of nitrogens with one attached hydrogen (secondary N) is 2. The van der Waals surface area contributed by atoms with Gasteiger partial charge in [0.25, 0.3) is 0 Å². The van der Waals surface area contributed by atoms with Crippen molar-refractivity contribution in [2.24, 2.45) is 0 Å². The summed E-state index contributed by atoms with van der Waals surface area (Å²) < 4.78 is 42.3. The van der Waals surface area contributed by atoms with Crippen molar-refractivity contribution < 1.29 is 22.8 Å². The Morgan fingerprint density at radius 2 is 1.79 bits per heavy atom. The predicted octanol–water partition coefficient (Wildman–Crippen LogP) is 5.05. The Morgan fingerprint density at radius 1 is 1.06 bits per heavy atom. The number of fused-ring (bicyclic) bond motifs is 3. The van der Waals surface area contributed by atoms with Gasteiger partial charge in [0.05, 0.1) is 16.8 Å². The van der Waals surface area contributed by atoms with E-state index in [9.17, 15) is 22.8 Å². The average Bonchev–Trinajstić information content (AvgIpc) is 3.12. The van der Waals surface area contributed by atoms with Gasteiger partial charge in [-0.3, -0.25) is 9.59 Å². The fourth-order valence-electron chi connectivity index (χ4n) is 3.96. The van der Waals surface area contributed by atoms with Crippen LogP contribution in [0.2, 0.25) is 0 Å². The van der Waals surface area contributed by atoms with Crippen molar-refractivity contribution in [2.75, 3.05) is 10.6 Å². The third kappa shape index (κ3) is 4.57. The topological polar surface area (TPSA) is 88.4 Å². The molecule has 0 saturated carbocycles. The smallest absolute Gasteiger partial charge is 0.326 e. The summed E-state index contributed by atoms with van der Waals surface area (Å²) in [4.78, 5) is 28.4. The Hall–Kier alpha value is -3.95. The zero-order chi connectivity index (χ0) is 24.6. The van der Waals surface area contributed by atoms with Crippen molar-refractivity contribution in [1.82, 2.24) is 14.6 Å². The molecule has 0 unspecified atom stereocenters. The monoisotopic (exact) mass is 469 g/mol. The lowest BCUT2D eigenvalue weighted by Crippen LogP contribution is -2.18. The second-order valence-corrected chi connectivity index (χ2v) is 8.00. The Bertz CT molecular complexity index is 1430. The van der Waals surface area contributed by atoms with E-state index in [1.807, 2.05) is 38.1 Å². The molecule has 4 rings (SSSR count). The largest absolute Gasteiger partial charge is 0.418 e. The highest BCUT2D eigenvalue weighted by atomic mass is 19.4. The van der Waals surface area contributed by atoms with Crippen molar-refractivity contribution in [3.63, 3.8) is 0 Å². The minimum Gasteiger partial charge on any atom is -0.326 e.